The smallest absolute Gasteiger partial charge is 0.237 e. The highest BCUT2D eigenvalue weighted by Crippen LogP contribution is 2.35. The molecule has 1 aliphatic heterocycles. The molecule has 4 rings (SSSR count). The maximum atomic E-state index is 13.5. The van der Waals surface area contributed by atoms with Gasteiger partial charge in [-0.15, -0.1) is 17.8 Å². The number of hydrogen-bond acceptors (Lipinski definition) is 6. The molecule has 2 aromatic rings. The number of hydrogen-bond donors (Lipinski definition) is 1. The summed E-state index contributed by atoms with van der Waals surface area (Å²) >= 11 is 1.75. The van der Waals surface area contributed by atoms with Crippen LogP contribution in [0.25, 0.3) is 0 Å². The summed E-state index contributed by atoms with van der Waals surface area (Å²) in [5, 5.41) is 12.5. The van der Waals surface area contributed by atoms with Crippen molar-refractivity contribution in [3.63, 3.8) is 0 Å². The Bertz CT molecular complexity index is 981. The SMILES string of the molecule is C#CCOCC(O)CN(CC(=O)N1CCc2sccc2C1COc1cccc(C)c1)C1CC1. The van der Waals surface area contributed by atoms with Crippen LogP contribution in [0.15, 0.2) is 35.7 Å². The average Bonchev–Trinajstić information content (AvgIpc) is 3.54. The monoisotopic (exact) mass is 468 g/mol. The van der Waals surface area contributed by atoms with E-state index in [1.54, 1.807) is 11.3 Å². The number of aryl methyl sites for hydroxylation is 1. The minimum Gasteiger partial charge on any atom is -0.491 e. The minimum absolute atomic E-state index is 0.0772. The Balaban J connectivity index is 1.42. The molecule has 1 N–H and O–H groups in total. The van der Waals surface area contributed by atoms with Gasteiger partial charge in [-0.3, -0.25) is 9.69 Å². The van der Waals surface area contributed by atoms with E-state index in [1.165, 1.54) is 10.4 Å². The van der Waals surface area contributed by atoms with Crippen molar-refractivity contribution in [3.05, 3.63) is 51.7 Å². The zero-order valence-electron chi connectivity index (χ0n) is 19.1. The van der Waals surface area contributed by atoms with Crippen LogP contribution in [0, 0.1) is 19.3 Å². The Hall–Kier alpha value is -2.37. The van der Waals surface area contributed by atoms with E-state index in [2.05, 4.69) is 22.3 Å². The maximum absolute atomic E-state index is 13.5. The van der Waals surface area contributed by atoms with Crippen molar-refractivity contribution in [1.82, 2.24) is 9.80 Å². The van der Waals surface area contributed by atoms with E-state index in [1.807, 2.05) is 36.1 Å². The van der Waals surface area contributed by atoms with Crippen LogP contribution >= 0.6 is 11.3 Å². The number of aliphatic hydroxyl groups excluding tert-OH is 1. The molecule has 1 saturated carbocycles. The second-order valence-electron chi connectivity index (χ2n) is 8.81. The van der Waals surface area contributed by atoms with E-state index in [4.69, 9.17) is 15.9 Å². The molecule has 176 valence electrons. The number of aliphatic hydroxyl groups is 1. The third kappa shape index (κ3) is 6.36. The fourth-order valence-corrected chi connectivity index (χ4v) is 5.31. The molecule has 33 heavy (non-hydrogen) atoms. The van der Waals surface area contributed by atoms with Gasteiger partial charge in [0.1, 0.15) is 19.0 Å². The third-order valence-electron chi connectivity index (χ3n) is 6.16. The Kier molecular flexibility index (Phi) is 8.05. The largest absolute Gasteiger partial charge is 0.491 e. The molecular formula is C26H32N2O4S. The summed E-state index contributed by atoms with van der Waals surface area (Å²) in [5.41, 5.74) is 2.33. The second-order valence-corrected chi connectivity index (χ2v) is 9.81. The molecule has 2 atom stereocenters. The summed E-state index contributed by atoms with van der Waals surface area (Å²) < 4.78 is 11.4. The highest BCUT2D eigenvalue weighted by molar-refractivity contribution is 7.10. The molecule has 1 fully saturated rings. The van der Waals surface area contributed by atoms with E-state index in [-0.39, 0.29) is 31.7 Å². The van der Waals surface area contributed by atoms with Crippen molar-refractivity contribution in [3.8, 4) is 18.1 Å². The fourth-order valence-electron chi connectivity index (χ4n) is 4.38. The molecule has 7 heteroatoms. The van der Waals surface area contributed by atoms with Crippen LogP contribution in [0.4, 0.5) is 0 Å². The van der Waals surface area contributed by atoms with Crippen LogP contribution in [0.1, 0.15) is 34.9 Å². The van der Waals surface area contributed by atoms with Gasteiger partial charge in [-0.25, -0.2) is 0 Å². The number of ether oxygens (including phenoxy) is 2. The lowest BCUT2D eigenvalue weighted by Gasteiger charge is -2.37. The van der Waals surface area contributed by atoms with Crippen molar-refractivity contribution >= 4 is 17.2 Å². The number of terminal acetylenes is 1. The Morgan fingerprint density at radius 1 is 1.39 bits per heavy atom. The van der Waals surface area contributed by atoms with Gasteiger partial charge in [0.25, 0.3) is 0 Å². The van der Waals surface area contributed by atoms with Crippen LogP contribution < -0.4 is 4.74 Å². The summed E-state index contributed by atoms with van der Waals surface area (Å²) in [5.74, 6) is 3.30. The lowest BCUT2D eigenvalue weighted by molar-refractivity contribution is -0.136. The molecule has 2 heterocycles. The van der Waals surface area contributed by atoms with Crippen LogP contribution in [0.2, 0.25) is 0 Å². The highest BCUT2D eigenvalue weighted by Gasteiger charge is 2.36. The van der Waals surface area contributed by atoms with Gasteiger partial charge in [0.2, 0.25) is 5.91 Å². The van der Waals surface area contributed by atoms with Crippen LogP contribution in [0.3, 0.4) is 0 Å². The van der Waals surface area contributed by atoms with Gasteiger partial charge in [0, 0.05) is 24.0 Å². The number of nitrogens with zero attached hydrogens (tertiary/aromatic N) is 2. The molecule has 2 unspecified atom stereocenters. The number of rotatable bonds is 11. The molecule has 1 amide bonds. The first-order valence-corrected chi connectivity index (χ1v) is 12.4. The average molecular weight is 469 g/mol. The first-order chi connectivity index (χ1) is 16.0. The van der Waals surface area contributed by atoms with Crippen molar-refractivity contribution in [1.29, 1.82) is 0 Å². The number of thiophene rings is 1. The normalized spacial score (nSPS) is 18.6. The third-order valence-corrected chi connectivity index (χ3v) is 7.15. The zero-order valence-corrected chi connectivity index (χ0v) is 19.9. The summed E-state index contributed by atoms with van der Waals surface area (Å²) in [6, 6.07) is 10.3. The summed E-state index contributed by atoms with van der Waals surface area (Å²) in [7, 11) is 0. The molecule has 0 saturated heterocycles. The highest BCUT2D eigenvalue weighted by atomic mass is 32.1. The van der Waals surface area contributed by atoms with Crippen molar-refractivity contribution in [2.75, 3.05) is 39.5 Å². The molecule has 1 aromatic heterocycles. The zero-order chi connectivity index (χ0) is 23.2. The van der Waals surface area contributed by atoms with Gasteiger partial charge in [-0.1, -0.05) is 18.1 Å². The van der Waals surface area contributed by atoms with Gasteiger partial charge in [-0.05, 0) is 60.9 Å². The van der Waals surface area contributed by atoms with E-state index in [9.17, 15) is 9.90 Å². The predicted molar refractivity (Wildman–Crippen MR) is 129 cm³/mol. The molecule has 2 aliphatic rings. The minimum atomic E-state index is -0.669. The van der Waals surface area contributed by atoms with Crippen LogP contribution in [-0.2, 0) is 16.0 Å². The molecule has 1 aliphatic carbocycles. The van der Waals surface area contributed by atoms with Crippen LogP contribution in [0.5, 0.6) is 5.75 Å². The predicted octanol–water partition coefficient (Wildman–Crippen LogP) is 3.04. The van der Waals surface area contributed by atoms with E-state index >= 15 is 0 Å². The number of benzene rings is 1. The molecule has 0 radical (unpaired) electrons. The van der Waals surface area contributed by atoms with Crippen molar-refractivity contribution in [2.24, 2.45) is 0 Å². The van der Waals surface area contributed by atoms with E-state index in [0.29, 0.717) is 25.7 Å². The maximum Gasteiger partial charge on any atom is 0.237 e. The molecule has 1 aromatic carbocycles. The number of carbonyl (C=O) groups is 1. The Morgan fingerprint density at radius 3 is 3.00 bits per heavy atom. The van der Waals surface area contributed by atoms with Gasteiger partial charge < -0.3 is 19.5 Å². The lowest BCUT2D eigenvalue weighted by atomic mass is 10.0. The first-order valence-electron chi connectivity index (χ1n) is 11.5. The summed E-state index contributed by atoms with van der Waals surface area (Å²) in [6.07, 6.45) is 7.51. The Morgan fingerprint density at radius 2 is 2.24 bits per heavy atom. The van der Waals surface area contributed by atoms with Gasteiger partial charge in [0.05, 0.1) is 25.3 Å². The number of amides is 1. The van der Waals surface area contributed by atoms with Gasteiger partial charge in [-0.2, -0.15) is 0 Å². The molecule has 6 nitrogen and oxygen atoms in total. The molecule has 0 bridgehead atoms. The molecular weight excluding hydrogens is 436 g/mol. The summed E-state index contributed by atoms with van der Waals surface area (Å²) in [4.78, 5) is 18.9. The Labute approximate surface area is 200 Å². The first kappa shape index (κ1) is 23.8. The second kappa shape index (κ2) is 11.2. The lowest BCUT2D eigenvalue weighted by Crippen LogP contribution is -2.48. The quantitative estimate of drug-likeness (QED) is 0.406. The topological polar surface area (TPSA) is 62.2 Å². The van der Waals surface area contributed by atoms with E-state index in [0.717, 1.165) is 30.6 Å². The van der Waals surface area contributed by atoms with Crippen molar-refractivity contribution < 1.29 is 19.4 Å². The van der Waals surface area contributed by atoms with E-state index < -0.39 is 6.10 Å². The van der Waals surface area contributed by atoms with Gasteiger partial charge >= 0.3 is 0 Å². The van der Waals surface area contributed by atoms with Crippen LogP contribution in [-0.4, -0.2) is 72.4 Å². The number of carbonyl (C=O) groups excluding carboxylic acids is 1. The summed E-state index contributed by atoms with van der Waals surface area (Å²) in [6.45, 7) is 4.19. The standard InChI is InChI=1S/C26H32N2O4S/c1-3-12-31-17-21(29)15-27(20-7-8-20)16-26(30)28-11-9-25-23(10-13-33-25)24(28)18-32-22-6-4-5-19(2)14-22/h1,4-6,10,13-14,20-21,24,29H,7-9,11-12,15-18H2,2H3. The van der Waals surface area contributed by atoms with Gasteiger partial charge in [0.15, 0.2) is 0 Å². The fraction of sp³-hybridized carbons (Fsp3) is 0.500. The van der Waals surface area contributed by atoms with Crippen molar-refractivity contribution in [2.45, 2.75) is 44.4 Å². The molecule has 0 spiro atoms. The number of fused-ring (bicyclic) bond motifs is 1.